The van der Waals surface area contributed by atoms with E-state index in [0.29, 0.717) is 30.0 Å². The highest BCUT2D eigenvalue weighted by Gasteiger charge is 2.48. The Morgan fingerprint density at radius 2 is 1.87 bits per heavy atom. The van der Waals surface area contributed by atoms with Crippen molar-refractivity contribution in [2.45, 2.75) is 20.0 Å². The molecule has 1 saturated heterocycles. The number of primary amides is 1. The van der Waals surface area contributed by atoms with Crippen molar-refractivity contribution in [3.05, 3.63) is 65.0 Å². The van der Waals surface area contributed by atoms with Crippen molar-refractivity contribution in [1.29, 1.82) is 0 Å². The van der Waals surface area contributed by atoms with Crippen LogP contribution in [0.25, 0.3) is 21.6 Å². The minimum Gasteiger partial charge on any atom is -0.398 e. The van der Waals surface area contributed by atoms with Crippen LogP contribution in [0.2, 0.25) is 0 Å². The average Bonchev–Trinajstić information content (AvgIpc) is 3.26. The van der Waals surface area contributed by atoms with Crippen LogP contribution < -0.4 is 11.5 Å². The number of hydrogen-bond acceptors (Lipinski definition) is 6. The normalized spacial score (nSPS) is 17.4. The molecule has 31 heavy (non-hydrogen) atoms. The molecule has 0 unspecified atom stereocenters. The number of carbonyl (C=O) groups excluding carboxylic acids is 1. The zero-order chi connectivity index (χ0) is 22.2. The molecule has 0 spiro atoms. The first-order chi connectivity index (χ1) is 14.7. The van der Waals surface area contributed by atoms with Gasteiger partial charge in [-0.25, -0.2) is 0 Å². The summed E-state index contributed by atoms with van der Waals surface area (Å²) in [5.41, 5.74) is 15.9. The zero-order valence-electron chi connectivity index (χ0n) is 17.5. The van der Waals surface area contributed by atoms with Gasteiger partial charge in [0.05, 0.1) is 0 Å². The van der Waals surface area contributed by atoms with Gasteiger partial charge in [-0.2, -0.15) is 13.9 Å². The Morgan fingerprint density at radius 1 is 1.13 bits per heavy atom. The van der Waals surface area contributed by atoms with E-state index in [2.05, 4.69) is 0 Å². The van der Waals surface area contributed by atoms with Crippen LogP contribution >= 0.6 is 19.3 Å². The first kappa shape index (κ1) is 21.9. The highest BCUT2D eigenvalue weighted by molar-refractivity contribution is 7.59. The van der Waals surface area contributed by atoms with Crippen LogP contribution in [0.1, 0.15) is 29.8 Å². The Bertz CT molecular complexity index is 1100. The molecule has 1 fully saturated rings. The van der Waals surface area contributed by atoms with E-state index in [1.165, 1.54) is 0 Å². The second-order valence-corrected chi connectivity index (χ2v) is 11.6. The van der Waals surface area contributed by atoms with Crippen molar-refractivity contribution < 1.29 is 18.7 Å². The first-order valence-corrected chi connectivity index (χ1v) is 12.6. The van der Waals surface area contributed by atoms with Crippen LogP contribution in [0.5, 0.6) is 0 Å². The van der Waals surface area contributed by atoms with Gasteiger partial charge in [-0.05, 0) is 52.4 Å². The van der Waals surface area contributed by atoms with E-state index in [4.69, 9.17) is 20.5 Å². The number of carbonyl (C=O) groups is 1. The number of rotatable bonds is 5. The summed E-state index contributed by atoms with van der Waals surface area (Å²) in [4.78, 5) is 24.1. The fourth-order valence-electron chi connectivity index (χ4n) is 3.47. The van der Waals surface area contributed by atoms with Crippen molar-refractivity contribution in [3.8, 4) is 21.6 Å². The lowest BCUT2D eigenvalue weighted by atomic mass is 9.94. The van der Waals surface area contributed by atoms with E-state index < -0.39 is 13.9 Å². The van der Waals surface area contributed by atoms with Crippen LogP contribution in [0.4, 0.5) is 5.69 Å². The quantitative estimate of drug-likeness (QED) is 0.365. The molecule has 2 heterocycles. The van der Waals surface area contributed by atoms with Gasteiger partial charge in [-0.3, -0.25) is 4.79 Å². The van der Waals surface area contributed by atoms with Gasteiger partial charge in [0.15, 0.2) is 6.16 Å². The van der Waals surface area contributed by atoms with Crippen LogP contribution in [0.3, 0.4) is 0 Å². The number of hydrogen-bond donors (Lipinski definition) is 3. The number of thiophene rings is 1. The Morgan fingerprint density at radius 3 is 2.52 bits per heavy atom. The second kappa shape index (κ2) is 8.34. The van der Waals surface area contributed by atoms with Crippen LogP contribution in [-0.4, -0.2) is 24.0 Å². The number of amides is 1. The molecule has 4 rings (SSSR count). The summed E-state index contributed by atoms with van der Waals surface area (Å²) in [6.07, 6.45) is 0.222. The Hall–Kier alpha value is -2.28. The van der Waals surface area contributed by atoms with Gasteiger partial charge in [-0.1, -0.05) is 32.0 Å². The van der Waals surface area contributed by atoms with E-state index in [1.54, 1.807) is 23.5 Å². The Kier molecular flexibility index (Phi) is 5.90. The topological polar surface area (TPSA) is 108 Å². The van der Waals surface area contributed by atoms with Gasteiger partial charge in [-0.15, -0.1) is 11.3 Å². The molecule has 0 atom stereocenters. The summed E-state index contributed by atoms with van der Waals surface area (Å²) in [5.74, 6) is -0.539. The highest BCUT2D eigenvalue weighted by Crippen LogP contribution is 2.63. The molecule has 0 aliphatic carbocycles. The van der Waals surface area contributed by atoms with Gasteiger partial charge in [0.2, 0.25) is 5.91 Å². The zero-order valence-corrected chi connectivity index (χ0v) is 19.2. The molecule has 1 amide bonds. The summed E-state index contributed by atoms with van der Waals surface area (Å²) in [6, 6.07) is 15.1. The number of nitrogens with two attached hydrogens (primary N) is 2. The van der Waals surface area contributed by atoms with E-state index in [-0.39, 0.29) is 11.6 Å². The molecule has 6 nitrogen and oxygen atoms in total. The van der Waals surface area contributed by atoms with Crippen LogP contribution in [0, 0.1) is 5.41 Å². The highest BCUT2D eigenvalue weighted by atomic mass is 32.1. The second-order valence-electron chi connectivity index (χ2n) is 8.53. The smallest absolute Gasteiger partial charge is 0.398 e. The molecule has 0 bridgehead atoms. The third-order valence-electron chi connectivity index (χ3n) is 5.20. The van der Waals surface area contributed by atoms with Gasteiger partial charge in [0.1, 0.15) is 13.2 Å². The summed E-state index contributed by atoms with van der Waals surface area (Å²) in [6.45, 7) is 4.91. The van der Waals surface area contributed by atoms with Gasteiger partial charge in [0, 0.05) is 27.1 Å². The SMILES string of the molecule is CC1(C)CO[P+](O)(Cc2ccc(C(N)=O)c(-c3cc(-c4cccs4)ccc3N)c2)OC1. The number of benzene rings is 2. The summed E-state index contributed by atoms with van der Waals surface area (Å²) in [7, 11) is -3.02. The first-order valence-electron chi connectivity index (χ1n) is 9.92. The minimum atomic E-state index is -3.02. The van der Waals surface area contributed by atoms with E-state index >= 15 is 0 Å². The van der Waals surface area contributed by atoms with Gasteiger partial charge >= 0.3 is 7.94 Å². The van der Waals surface area contributed by atoms with Crippen molar-refractivity contribution in [2.75, 3.05) is 18.9 Å². The Balaban J connectivity index is 1.72. The molecule has 5 N–H and O–H groups in total. The standard InChI is InChI=1S/C23H25N2O4PS/c1-23(2)13-28-30(27,29-14-23)12-15-5-7-17(22(25)26)18(10-15)19-11-16(6-8-20(19)24)21-4-3-9-31-21/h3-11,27H,12-14H2,1-2H3,(H3-,24,25,26)/p+1. The number of nitrogen functional groups attached to an aromatic ring is 1. The average molecular weight is 458 g/mol. The third-order valence-corrected chi connectivity index (χ3v) is 7.94. The molecule has 8 heteroatoms. The predicted octanol–water partition coefficient (Wildman–Crippen LogP) is 5.09. The van der Waals surface area contributed by atoms with E-state index in [0.717, 1.165) is 21.6 Å². The molecule has 0 saturated carbocycles. The fourth-order valence-corrected chi connectivity index (χ4v) is 6.21. The number of anilines is 1. The van der Waals surface area contributed by atoms with Crippen molar-refractivity contribution >= 4 is 30.9 Å². The predicted molar refractivity (Wildman–Crippen MR) is 127 cm³/mol. The fraction of sp³-hybridized carbons (Fsp3) is 0.261. The van der Waals surface area contributed by atoms with Crippen LogP contribution in [-0.2, 0) is 15.2 Å². The van der Waals surface area contributed by atoms with Crippen molar-refractivity contribution in [3.63, 3.8) is 0 Å². The molecule has 3 aromatic rings. The van der Waals surface area contributed by atoms with Gasteiger partial charge < -0.3 is 11.5 Å². The largest absolute Gasteiger partial charge is 0.413 e. The lowest BCUT2D eigenvalue weighted by molar-refractivity contribution is 0.0249. The van der Waals surface area contributed by atoms with E-state index in [9.17, 15) is 9.69 Å². The maximum Gasteiger partial charge on any atom is 0.413 e. The van der Waals surface area contributed by atoms with E-state index in [1.807, 2.05) is 55.6 Å². The van der Waals surface area contributed by atoms with Gasteiger partial charge in [0.25, 0.3) is 0 Å². The maximum atomic E-state index is 12.1. The minimum absolute atomic E-state index is 0.135. The molecular weight excluding hydrogens is 431 g/mol. The van der Waals surface area contributed by atoms with Crippen molar-refractivity contribution in [2.24, 2.45) is 11.1 Å². The maximum absolute atomic E-state index is 12.1. The lowest BCUT2D eigenvalue weighted by Gasteiger charge is -2.31. The summed E-state index contributed by atoms with van der Waals surface area (Å²) < 4.78 is 11.5. The lowest BCUT2D eigenvalue weighted by Crippen LogP contribution is -2.31. The molecule has 2 aromatic carbocycles. The molecule has 1 aliphatic heterocycles. The third kappa shape index (κ3) is 4.81. The molecule has 1 aliphatic rings. The molecule has 162 valence electrons. The molecule has 1 aromatic heterocycles. The molecule has 0 radical (unpaired) electrons. The van der Waals surface area contributed by atoms with Crippen molar-refractivity contribution in [1.82, 2.24) is 0 Å². The molecular formula is C23H26N2O4PS+. The summed E-state index contributed by atoms with van der Waals surface area (Å²) >= 11 is 1.63. The van der Waals surface area contributed by atoms with Crippen LogP contribution in [0.15, 0.2) is 53.9 Å². The summed E-state index contributed by atoms with van der Waals surface area (Å²) in [5, 5.41) is 2.01. The Labute approximate surface area is 186 Å². The monoisotopic (exact) mass is 457 g/mol.